The normalized spacial score (nSPS) is 15.7. The third kappa shape index (κ3) is 1.10. The molecule has 0 heteroatoms. The summed E-state index contributed by atoms with van der Waals surface area (Å²) in [6.07, 6.45) is 0. The molecule has 2 aromatic rings. The molecule has 0 atom stereocenters. The van der Waals surface area contributed by atoms with E-state index in [1.54, 1.807) is 0 Å². The average molecular weight is 208 g/mol. The van der Waals surface area contributed by atoms with E-state index in [-0.39, 0.29) is 5.41 Å². The SMILES string of the molecule is Cc1ccc2c(c1)C(C)(C)c1ccccc1-2. The summed E-state index contributed by atoms with van der Waals surface area (Å²) in [4.78, 5) is 0. The molecule has 0 aromatic heterocycles. The first-order valence-electron chi connectivity index (χ1n) is 5.82. The van der Waals surface area contributed by atoms with Crippen LogP contribution in [0.1, 0.15) is 30.5 Å². The van der Waals surface area contributed by atoms with Gasteiger partial charge in [-0.15, -0.1) is 0 Å². The van der Waals surface area contributed by atoms with Crippen LogP contribution in [0.15, 0.2) is 42.5 Å². The van der Waals surface area contributed by atoms with Gasteiger partial charge in [0.05, 0.1) is 0 Å². The highest BCUT2D eigenvalue weighted by Gasteiger charge is 2.34. The second kappa shape index (κ2) is 2.98. The maximum absolute atomic E-state index is 2.33. The molecular formula is C16H16. The van der Waals surface area contributed by atoms with Gasteiger partial charge in [-0.05, 0) is 29.2 Å². The van der Waals surface area contributed by atoms with Crippen molar-refractivity contribution < 1.29 is 0 Å². The minimum absolute atomic E-state index is 0.151. The molecule has 1 aliphatic rings. The third-order valence-corrected chi connectivity index (χ3v) is 3.74. The topological polar surface area (TPSA) is 0 Å². The van der Waals surface area contributed by atoms with E-state index in [9.17, 15) is 0 Å². The van der Waals surface area contributed by atoms with E-state index < -0.39 is 0 Å². The molecule has 0 saturated carbocycles. The van der Waals surface area contributed by atoms with Crippen LogP contribution in [0.3, 0.4) is 0 Å². The van der Waals surface area contributed by atoms with Crippen molar-refractivity contribution in [2.45, 2.75) is 26.2 Å². The van der Waals surface area contributed by atoms with Gasteiger partial charge in [0, 0.05) is 5.41 Å². The smallest absolute Gasteiger partial charge is 0.0158 e. The molecule has 0 bridgehead atoms. The van der Waals surface area contributed by atoms with E-state index in [4.69, 9.17) is 0 Å². The molecule has 0 N–H and O–H groups in total. The lowest BCUT2D eigenvalue weighted by Crippen LogP contribution is -2.14. The Balaban J connectivity index is 2.39. The van der Waals surface area contributed by atoms with Crippen LogP contribution in [-0.4, -0.2) is 0 Å². The minimum Gasteiger partial charge on any atom is -0.0619 e. The monoisotopic (exact) mass is 208 g/mol. The Labute approximate surface area is 96.9 Å². The Hall–Kier alpha value is -1.56. The second-order valence-corrected chi connectivity index (χ2v) is 5.22. The van der Waals surface area contributed by atoms with Crippen molar-refractivity contribution >= 4 is 0 Å². The fourth-order valence-corrected chi connectivity index (χ4v) is 2.82. The van der Waals surface area contributed by atoms with Gasteiger partial charge in [0.15, 0.2) is 0 Å². The molecule has 1 aliphatic carbocycles. The molecule has 0 unspecified atom stereocenters. The summed E-state index contributed by atoms with van der Waals surface area (Å²) >= 11 is 0. The Morgan fingerprint density at radius 3 is 2.31 bits per heavy atom. The molecule has 2 aromatic carbocycles. The van der Waals surface area contributed by atoms with E-state index >= 15 is 0 Å². The highest BCUT2D eigenvalue weighted by Crippen LogP contribution is 2.48. The van der Waals surface area contributed by atoms with Gasteiger partial charge in [-0.25, -0.2) is 0 Å². The van der Waals surface area contributed by atoms with Crippen molar-refractivity contribution in [3.05, 3.63) is 59.2 Å². The van der Waals surface area contributed by atoms with Gasteiger partial charge in [0.25, 0.3) is 0 Å². The Bertz CT molecular complexity index is 562. The second-order valence-electron chi connectivity index (χ2n) is 5.22. The summed E-state index contributed by atoms with van der Waals surface area (Å²) in [5.41, 5.74) is 7.23. The van der Waals surface area contributed by atoms with Crippen LogP contribution in [0.5, 0.6) is 0 Å². The fourth-order valence-electron chi connectivity index (χ4n) is 2.82. The molecule has 0 amide bonds. The summed E-state index contributed by atoms with van der Waals surface area (Å²) in [6.45, 7) is 6.80. The maximum Gasteiger partial charge on any atom is 0.0158 e. The minimum atomic E-state index is 0.151. The Kier molecular flexibility index (Phi) is 1.79. The van der Waals surface area contributed by atoms with Crippen LogP contribution >= 0.6 is 0 Å². The van der Waals surface area contributed by atoms with Crippen molar-refractivity contribution in [1.29, 1.82) is 0 Å². The van der Waals surface area contributed by atoms with Gasteiger partial charge in [-0.1, -0.05) is 61.9 Å². The highest BCUT2D eigenvalue weighted by molar-refractivity contribution is 5.80. The zero-order valence-corrected chi connectivity index (χ0v) is 10.0. The zero-order chi connectivity index (χ0) is 11.3. The molecule has 16 heavy (non-hydrogen) atoms. The molecule has 0 aliphatic heterocycles. The average Bonchev–Trinajstić information content (AvgIpc) is 2.49. The summed E-state index contributed by atoms with van der Waals surface area (Å²) in [6, 6.07) is 15.6. The maximum atomic E-state index is 2.33. The van der Waals surface area contributed by atoms with Gasteiger partial charge in [0.2, 0.25) is 0 Å². The van der Waals surface area contributed by atoms with E-state index in [1.807, 2.05) is 0 Å². The van der Waals surface area contributed by atoms with E-state index in [0.29, 0.717) is 0 Å². The molecule has 3 rings (SSSR count). The summed E-state index contributed by atoms with van der Waals surface area (Å²) in [5.74, 6) is 0. The first kappa shape index (κ1) is 9.65. The van der Waals surface area contributed by atoms with Crippen LogP contribution in [-0.2, 0) is 5.41 Å². The Morgan fingerprint density at radius 1 is 0.812 bits per heavy atom. The quantitative estimate of drug-likeness (QED) is 0.605. The van der Waals surface area contributed by atoms with Gasteiger partial charge in [-0.3, -0.25) is 0 Å². The van der Waals surface area contributed by atoms with Crippen LogP contribution in [0.25, 0.3) is 11.1 Å². The molecule has 0 fully saturated rings. The van der Waals surface area contributed by atoms with Crippen LogP contribution in [0.2, 0.25) is 0 Å². The van der Waals surface area contributed by atoms with Crippen LogP contribution in [0.4, 0.5) is 0 Å². The fraction of sp³-hybridized carbons (Fsp3) is 0.250. The first-order valence-corrected chi connectivity index (χ1v) is 5.82. The van der Waals surface area contributed by atoms with Crippen LogP contribution < -0.4 is 0 Å². The summed E-state index contributed by atoms with van der Waals surface area (Å²) in [5, 5.41) is 0. The molecular weight excluding hydrogens is 192 g/mol. The third-order valence-electron chi connectivity index (χ3n) is 3.74. The lowest BCUT2D eigenvalue weighted by Gasteiger charge is -2.21. The van der Waals surface area contributed by atoms with E-state index in [2.05, 4.69) is 63.2 Å². The first-order chi connectivity index (χ1) is 7.60. The van der Waals surface area contributed by atoms with Gasteiger partial charge < -0.3 is 0 Å². The van der Waals surface area contributed by atoms with E-state index in [0.717, 1.165) is 0 Å². The predicted octanol–water partition coefficient (Wildman–Crippen LogP) is 4.30. The number of hydrogen-bond donors (Lipinski definition) is 0. The van der Waals surface area contributed by atoms with Crippen molar-refractivity contribution in [2.24, 2.45) is 0 Å². The number of fused-ring (bicyclic) bond motifs is 3. The lowest BCUT2D eigenvalue weighted by atomic mass is 9.82. The van der Waals surface area contributed by atoms with E-state index in [1.165, 1.54) is 27.8 Å². The van der Waals surface area contributed by atoms with Gasteiger partial charge >= 0.3 is 0 Å². The molecule has 0 saturated heterocycles. The largest absolute Gasteiger partial charge is 0.0619 e. The van der Waals surface area contributed by atoms with Crippen molar-refractivity contribution in [3.8, 4) is 11.1 Å². The molecule has 0 heterocycles. The number of rotatable bonds is 0. The summed E-state index contributed by atoms with van der Waals surface area (Å²) in [7, 11) is 0. The standard InChI is InChI=1S/C16H16/c1-11-8-9-13-12-6-4-5-7-14(12)16(2,3)15(13)10-11/h4-10H,1-3H3. The van der Waals surface area contributed by atoms with Gasteiger partial charge in [0.1, 0.15) is 0 Å². The number of aryl methyl sites for hydroxylation is 1. The van der Waals surface area contributed by atoms with Crippen molar-refractivity contribution in [3.63, 3.8) is 0 Å². The molecule has 0 nitrogen and oxygen atoms in total. The van der Waals surface area contributed by atoms with Crippen molar-refractivity contribution in [2.75, 3.05) is 0 Å². The van der Waals surface area contributed by atoms with Crippen molar-refractivity contribution in [1.82, 2.24) is 0 Å². The molecule has 0 spiro atoms. The van der Waals surface area contributed by atoms with Gasteiger partial charge in [-0.2, -0.15) is 0 Å². The van der Waals surface area contributed by atoms with Crippen LogP contribution in [0, 0.1) is 6.92 Å². The molecule has 80 valence electrons. The number of hydrogen-bond acceptors (Lipinski definition) is 0. The molecule has 0 radical (unpaired) electrons. The predicted molar refractivity (Wildman–Crippen MR) is 68.7 cm³/mol. The Morgan fingerprint density at radius 2 is 1.50 bits per heavy atom. The zero-order valence-electron chi connectivity index (χ0n) is 10.0. The number of benzene rings is 2. The summed E-state index contributed by atoms with van der Waals surface area (Å²) < 4.78 is 0. The highest BCUT2D eigenvalue weighted by atomic mass is 14.4. The lowest BCUT2D eigenvalue weighted by molar-refractivity contribution is 0.660.